The summed E-state index contributed by atoms with van der Waals surface area (Å²) in [5.41, 5.74) is 0.300. The topological polar surface area (TPSA) is 60.4 Å². The smallest absolute Gasteiger partial charge is 0.342 e. The minimum atomic E-state index is -0.827. The van der Waals surface area contributed by atoms with Gasteiger partial charge in [0.1, 0.15) is 5.57 Å². The van der Waals surface area contributed by atoms with Crippen molar-refractivity contribution in [2.45, 2.75) is 0 Å². The van der Waals surface area contributed by atoms with Gasteiger partial charge in [-0.05, 0) is 28.5 Å². The van der Waals surface area contributed by atoms with Crippen molar-refractivity contribution in [1.82, 2.24) is 0 Å². The maximum Gasteiger partial charge on any atom is 0.342 e. The van der Waals surface area contributed by atoms with Crippen molar-refractivity contribution in [3.05, 3.63) is 86.2 Å². The fraction of sp³-hybridized carbons (Fsp3) is 0.0500. The first-order valence-corrected chi connectivity index (χ1v) is 9.44. The van der Waals surface area contributed by atoms with Crippen LogP contribution in [0.15, 0.2) is 70.9 Å². The molecule has 4 nitrogen and oxygen atoms in total. The van der Waals surface area contributed by atoms with Gasteiger partial charge < -0.3 is 4.74 Å². The fourth-order valence-electron chi connectivity index (χ4n) is 2.47. The van der Waals surface area contributed by atoms with Crippen LogP contribution in [-0.2, 0) is 9.53 Å². The van der Waals surface area contributed by atoms with Gasteiger partial charge in [-0.15, -0.1) is 22.7 Å². The van der Waals surface area contributed by atoms with Gasteiger partial charge in [0.15, 0.2) is 0 Å². The Morgan fingerprint density at radius 1 is 0.769 bits per heavy atom. The SMILES string of the molecule is COC(=O)/C(C(=O)c1cccs1)=C(\C(=O)c1cccs1)c1ccccc1. The zero-order valence-electron chi connectivity index (χ0n) is 13.8. The minimum absolute atomic E-state index is 0.0540. The van der Waals surface area contributed by atoms with E-state index in [0.29, 0.717) is 15.3 Å². The number of hydrogen-bond acceptors (Lipinski definition) is 6. The molecule has 0 saturated heterocycles. The molecule has 0 aliphatic heterocycles. The third-order valence-electron chi connectivity index (χ3n) is 3.65. The zero-order valence-corrected chi connectivity index (χ0v) is 15.4. The molecule has 2 aromatic heterocycles. The molecular weight excluding hydrogens is 368 g/mol. The Labute approximate surface area is 158 Å². The van der Waals surface area contributed by atoms with Gasteiger partial charge in [-0.2, -0.15) is 0 Å². The van der Waals surface area contributed by atoms with E-state index in [1.165, 1.54) is 29.8 Å². The van der Waals surface area contributed by atoms with Crippen LogP contribution in [0.25, 0.3) is 5.57 Å². The highest BCUT2D eigenvalue weighted by Gasteiger charge is 2.31. The summed E-state index contributed by atoms with van der Waals surface area (Å²) in [6.07, 6.45) is 0. The van der Waals surface area contributed by atoms with E-state index in [1.54, 1.807) is 65.4 Å². The average Bonchev–Trinajstić information content (AvgIpc) is 3.39. The molecule has 3 rings (SSSR count). The molecule has 0 fully saturated rings. The van der Waals surface area contributed by atoms with Gasteiger partial charge in [0.25, 0.3) is 0 Å². The van der Waals surface area contributed by atoms with Crippen LogP contribution < -0.4 is 0 Å². The average molecular weight is 382 g/mol. The third kappa shape index (κ3) is 3.56. The number of Topliss-reactive ketones (excluding diaryl/α,β-unsaturated/α-hetero) is 2. The number of thiophene rings is 2. The molecule has 1 aromatic carbocycles. The molecule has 0 aliphatic rings. The van der Waals surface area contributed by atoms with Crippen LogP contribution >= 0.6 is 22.7 Å². The third-order valence-corrected chi connectivity index (χ3v) is 5.38. The summed E-state index contributed by atoms with van der Waals surface area (Å²) in [4.78, 5) is 39.4. The standard InChI is InChI=1S/C20H14O4S2/c1-24-20(23)17(19(22)15-10-6-12-26-15)16(13-7-3-2-4-8-13)18(21)14-9-5-11-25-14/h2-12H,1H3/b17-16-. The van der Waals surface area contributed by atoms with Crippen LogP contribution in [0, 0.1) is 0 Å². The molecule has 0 spiro atoms. The van der Waals surface area contributed by atoms with Crippen molar-refractivity contribution in [2.75, 3.05) is 7.11 Å². The van der Waals surface area contributed by atoms with Gasteiger partial charge >= 0.3 is 5.97 Å². The molecule has 0 unspecified atom stereocenters. The van der Waals surface area contributed by atoms with E-state index < -0.39 is 11.8 Å². The molecule has 0 aliphatic carbocycles. The quantitative estimate of drug-likeness (QED) is 0.207. The number of hydrogen-bond donors (Lipinski definition) is 0. The summed E-state index contributed by atoms with van der Waals surface area (Å²) < 4.78 is 4.84. The van der Waals surface area contributed by atoms with Crippen LogP contribution in [0.4, 0.5) is 0 Å². The Bertz CT molecular complexity index is 953. The summed E-state index contributed by atoms with van der Waals surface area (Å²) in [5.74, 6) is -1.72. The number of carbonyl (C=O) groups is 3. The molecule has 2 heterocycles. The molecule has 26 heavy (non-hydrogen) atoms. The molecule has 0 radical (unpaired) electrons. The van der Waals surface area contributed by atoms with Gasteiger partial charge in [0.2, 0.25) is 11.6 Å². The Kier molecular flexibility index (Phi) is 5.55. The Morgan fingerprint density at radius 3 is 1.85 bits per heavy atom. The number of ether oxygens (including phenoxy) is 1. The lowest BCUT2D eigenvalue weighted by molar-refractivity contribution is -0.135. The van der Waals surface area contributed by atoms with Gasteiger partial charge in [-0.25, -0.2) is 4.79 Å². The van der Waals surface area contributed by atoms with E-state index in [4.69, 9.17) is 4.74 Å². The first-order chi connectivity index (χ1) is 12.6. The first kappa shape index (κ1) is 18.0. The van der Waals surface area contributed by atoms with E-state index in [1.807, 2.05) is 0 Å². The summed E-state index contributed by atoms with van der Waals surface area (Å²) in [6, 6.07) is 15.5. The van der Waals surface area contributed by atoms with Crippen LogP contribution in [-0.4, -0.2) is 24.6 Å². The van der Waals surface area contributed by atoms with Gasteiger partial charge in [0, 0.05) is 5.57 Å². The van der Waals surface area contributed by atoms with E-state index in [2.05, 4.69) is 0 Å². The predicted octanol–water partition coefficient (Wildman–Crippen LogP) is 4.50. The van der Waals surface area contributed by atoms with E-state index in [9.17, 15) is 14.4 Å². The second-order valence-corrected chi connectivity index (χ2v) is 7.12. The molecule has 0 atom stereocenters. The maximum absolute atomic E-state index is 13.1. The Balaban J connectivity index is 2.27. The molecular formula is C20H14O4S2. The lowest BCUT2D eigenvalue weighted by Gasteiger charge is -2.12. The number of benzene rings is 1. The van der Waals surface area contributed by atoms with E-state index >= 15 is 0 Å². The Hall–Kier alpha value is -2.83. The molecule has 0 bridgehead atoms. The van der Waals surface area contributed by atoms with Crippen molar-refractivity contribution in [1.29, 1.82) is 0 Å². The number of rotatable bonds is 6. The number of ketones is 2. The van der Waals surface area contributed by atoms with Crippen molar-refractivity contribution in [3.8, 4) is 0 Å². The largest absolute Gasteiger partial charge is 0.465 e. The minimum Gasteiger partial charge on any atom is -0.465 e. The number of methoxy groups -OCH3 is 1. The van der Waals surface area contributed by atoms with Crippen LogP contribution in [0.5, 0.6) is 0 Å². The highest BCUT2D eigenvalue weighted by Crippen LogP contribution is 2.29. The van der Waals surface area contributed by atoms with Crippen molar-refractivity contribution in [2.24, 2.45) is 0 Å². The lowest BCUT2D eigenvalue weighted by atomic mass is 9.92. The molecule has 6 heteroatoms. The summed E-state index contributed by atoms with van der Waals surface area (Å²) >= 11 is 2.46. The highest BCUT2D eigenvalue weighted by atomic mass is 32.1. The second kappa shape index (κ2) is 8.03. The van der Waals surface area contributed by atoms with Crippen molar-refractivity contribution >= 4 is 45.8 Å². The fourth-order valence-corrected chi connectivity index (χ4v) is 3.81. The van der Waals surface area contributed by atoms with Crippen molar-refractivity contribution in [3.63, 3.8) is 0 Å². The maximum atomic E-state index is 13.1. The van der Waals surface area contributed by atoms with Crippen LogP contribution in [0.2, 0.25) is 0 Å². The molecule has 0 N–H and O–H groups in total. The number of allylic oxidation sites excluding steroid dienone is 1. The van der Waals surface area contributed by atoms with Gasteiger partial charge in [0.05, 0.1) is 16.9 Å². The predicted molar refractivity (Wildman–Crippen MR) is 103 cm³/mol. The monoisotopic (exact) mass is 382 g/mol. The van der Waals surface area contributed by atoms with E-state index in [-0.39, 0.29) is 16.9 Å². The van der Waals surface area contributed by atoms with Gasteiger partial charge in [-0.3, -0.25) is 9.59 Å². The molecule has 130 valence electrons. The number of esters is 1. The van der Waals surface area contributed by atoms with Crippen LogP contribution in [0.1, 0.15) is 24.9 Å². The van der Waals surface area contributed by atoms with Gasteiger partial charge in [-0.1, -0.05) is 42.5 Å². The first-order valence-electron chi connectivity index (χ1n) is 7.68. The van der Waals surface area contributed by atoms with Crippen LogP contribution in [0.3, 0.4) is 0 Å². The molecule has 3 aromatic rings. The molecule has 0 saturated carbocycles. The summed E-state index contributed by atoms with van der Waals surface area (Å²) in [5, 5.41) is 3.51. The normalized spacial score (nSPS) is 11.6. The second-order valence-electron chi connectivity index (χ2n) is 5.22. The van der Waals surface area contributed by atoms with E-state index in [0.717, 1.165) is 0 Å². The Morgan fingerprint density at radius 2 is 1.35 bits per heavy atom. The zero-order chi connectivity index (χ0) is 18.5. The lowest BCUT2D eigenvalue weighted by Crippen LogP contribution is -2.19. The summed E-state index contributed by atoms with van der Waals surface area (Å²) in [7, 11) is 1.20. The summed E-state index contributed by atoms with van der Waals surface area (Å²) in [6.45, 7) is 0. The number of carbonyl (C=O) groups excluding carboxylic acids is 3. The highest BCUT2D eigenvalue weighted by molar-refractivity contribution is 7.13. The van der Waals surface area contributed by atoms with Crippen molar-refractivity contribution < 1.29 is 19.1 Å². The molecule has 0 amide bonds.